The van der Waals surface area contributed by atoms with E-state index in [-0.39, 0.29) is 5.75 Å². The smallest absolute Gasteiger partial charge is 0.160 e. The van der Waals surface area contributed by atoms with Crippen molar-refractivity contribution in [1.82, 2.24) is 0 Å². The van der Waals surface area contributed by atoms with Crippen molar-refractivity contribution in [2.75, 3.05) is 12.8 Å². The Hall–Kier alpha value is -0.0900. The van der Waals surface area contributed by atoms with Crippen LogP contribution in [0.3, 0.4) is 0 Å². The summed E-state index contributed by atoms with van der Waals surface area (Å²) < 4.78 is 22.0. The van der Waals surface area contributed by atoms with Gasteiger partial charge in [-0.25, -0.2) is 8.57 Å². The summed E-state index contributed by atoms with van der Waals surface area (Å²) in [7, 11) is -1.44. The lowest BCUT2D eigenvalue weighted by molar-refractivity contribution is 0.552. The molecular formula is C3H9NO2S. The van der Waals surface area contributed by atoms with Gasteiger partial charge >= 0.3 is 0 Å². The van der Waals surface area contributed by atoms with Gasteiger partial charge in [-0.2, -0.15) is 0 Å². The molecule has 0 saturated heterocycles. The van der Waals surface area contributed by atoms with E-state index in [0.717, 1.165) is 0 Å². The van der Waals surface area contributed by atoms with Crippen LogP contribution < -0.4 is 0 Å². The van der Waals surface area contributed by atoms with E-state index in [9.17, 15) is 4.21 Å². The van der Waals surface area contributed by atoms with Gasteiger partial charge in [-0.15, -0.1) is 0 Å². The quantitative estimate of drug-likeness (QED) is 0.554. The molecule has 0 fully saturated rings. The van der Waals surface area contributed by atoms with Gasteiger partial charge in [0.15, 0.2) is 10.0 Å². The highest BCUT2D eigenvalue weighted by molar-refractivity contribution is 7.88. The second-order valence-corrected chi connectivity index (χ2v) is 3.23. The van der Waals surface area contributed by atoms with E-state index in [1.807, 2.05) is 0 Å². The fourth-order valence-corrected chi connectivity index (χ4v) is 0.387. The maximum atomic E-state index is 10.3. The van der Waals surface area contributed by atoms with Gasteiger partial charge in [-0.3, -0.25) is 0 Å². The highest BCUT2D eigenvalue weighted by Crippen LogP contribution is 1.83. The Morgan fingerprint density at radius 2 is 2.29 bits per heavy atom. The average molecular weight is 123 g/mol. The number of nitrogens with zero attached hydrogens (tertiary/aromatic N) is 1. The molecule has 0 bridgehead atoms. The van der Waals surface area contributed by atoms with Crippen LogP contribution in [-0.2, 0) is 10.0 Å². The molecule has 44 valence electrons. The first-order valence-electron chi connectivity index (χ1n) is 1.97. The summed E-state index contributed by atoms with van der Waals surface area (Å²) in [5.41, 5.74) is 0. The van der Waals surface area contributed by atoms with Crippen LogP contribution in [0.1, 0.15) is 6.92 Å². The molecule has 0 aliphatic heterocycles. The van der Waals surface area contributed by atoms with Gasteiger partial charge in [0, 0.05) is 7.05 Å². The van der Waals surface area contributed by atoms with E-state index < -0.39 is 10.0 Å². The standard InChI is InChI=1S/C3H9NO2S/c1-3-7(5,6)4-2/h3H2,1-2H3,(H,4,5,6). The van der Waals surface area contributed by atoms with Crippen LogP contribution in [0.25, 0.3) is 0 Å². The minimum Gasteiger partial charge on any atom is -0.300 e. The van der Waals surface area contributed by atoms with Crippen LogP contribution in [-0.4, -0.2) is 21.6 Å². The van der Waals surface area contributed by atoms with Gasteiger partial charge in [0.05, 0.1) is 5.75 Å². The molecular weight excluding hydrogens is 114 g/mol. The summed E-state index contributed by atoms with van der Waals surface area (Å²) >= 11 is 0. The summed E-state index contributed by atoms with van der Waals surface area (Å²) in [5.74, 6) is 0.212. The van der Waals surface area contributed by atoms with Crippen molar-refractivity contribution in [2.24, 2.45) is 4.36 Å². The van der Waals surface area contributed by atoms with Gasteiger partial charge in [-0.1, -0.05) is 6.92 Å². The molecule has 1 unspecified atom stereocenters. The molecule has 0 saturated carbocycles. The van der Waals surface area contributed by atoms with Crippen molar-refractivity contribution >= 4 is 10.0 Å². The molecule has 1 N–H and O–H groups in total. The van der Waals surface area contributed by atoms with Crippen molar-refractivity contribution in [1.29, 1.82) is 0 Å². The molecule has 0 aromatic rings. The molecule has 0 aliphatic rings. The third kappa shape index (κ3) is 2.59. The average Bonchev–Trinajstić information content (AvgIpc) is 1.68. The van der Waals surface area contributed by atoms with Crippen molar-refractivity contribution < 1.29 is 8.76 Å². The molecule has 4 heteroatoms. The van der Waals surface area contributed by atoms with E-state index in [1.54, 1.807) is 6.92 Å². The molecule has 0 amide bonds. The highest BCUT2D eigenvalue weighted by Gasteiger charge is 1.91. The second kappa shape index (κ2) is 2.28. The van der Waals surface area contributed by atoms with E-state index in [4.69, 9.17) is 4.55 Å². The van der Waals surface area contributed by atoms with Crippen LogP contribution in [0, 0.1) is 0 Å². The predicted octanol–water partition coefficient (Wildman–Crippen LogP) is 0.577. The number of hydrogen-bond donors (Lipinski definition) is 1. The molecule has 0 heterocycles. The highest BCUT2D eigenvalue weighted by atomic mass is 32.2. The van der Waals surface area contributed by atoms with Crippen molar-refractivity contribution in [3.05, 3.63) is 0 Å². The molecule has 0 spiro atoms. The molecule has 0 aromatic heterocycles. The zero-order valence-corrected chi connectivity index (χ0v) is 5.23. The van der Waals surface area contributed by atoms with Gasteiger partial charge in [0.1, 0.15) is 0 Å². The summed E-state index contributed by atoms with van der Waals surface area (Å²) in [6, 6.07) is 0. The molecule has 7 heavy (non-hydrogen) atoms. The maximum Gasteiger partial charge on any atom is 0.160 e. The third-order valence-electron chi connectivity index (χ3n) is 0.661. The number of rotatable bonds is 1. The van der Waals surface area contributed by atoms with Crippen molar-refractivity contribution in [3.8, 4) is 0 Å². The van der Waals surface area contributed by atoms with Gasteiger partial charge in [-0.05, 0) is 0 Å². The normalized spacial score (nSPS) is 18.1. The first-order valence-corrected chi connectivity index (χ1v) is 3.62. The van der Waals surface area contributed by atoms with E-state index in [0.29, 0.717) is 0 Å². The minimum absolute atomic E-state index is 0.212. The van der Waals surface area contributed by atoms with Gasteiger partial charge < -0.3 is 4.55 Å². The van der Waals surface area contributed by atoms with Crippen LogP contribution in [0.15, 0.2) is 4.36 Å². The fraction of sp³-hybridized carbons (Fsp3) is 1.00. The first kappa shape index (κ1) is 6.91. The van der Waals surface area contributed by atoms with Gasteiger partial charge in [0.2, 0.25) is 0 Å². The molecule has 3 nitrogen and oxygen atoms in total. The molecule has 0 radical (unpaired) electrons. The first-order chi connectivity index (χ1) is 3.12. The van der Waals surface area contributed by atoms with Gasteiger partial charge in [0.25, 0.3) is 0 Å². The monoisotopic (exact) mass is 123 g/mol. The van der Waals surface area contributed by atoms with E-state index >= 15 is 0 Å². The van der Waals surface area contributed by atoms with Crippen LogP contribution >= 0.6 is 0 Å². The van der Waals surface area contributed by atoms with Crippen molar-refractivity contribution in [3.63, 3.8) is 0 Å². The summed E-state index contributed by atoms with van der Waals surface area (Å²) in [6.07, 6.45) is 0. The topological polar surface area (TPSA) is 49.7 Å². The van der Waals surface area contributed by atoms with E-state index in [1.165, 1.54) is 7.05 Å². The fourth-order valence-electron chi connectivity index (χ4n) is 0.129. The molecule has 0 rings (SSSR count). The Labute approximate surface area is 43.8 Å². The second-order valence-electron chi connectivity index (χ2n) is 1.08. The zero-order valence-electron chi connectivity index (χ0n) is 4.42. The summed E-state index contributed by atoms with van der Waals surface area (Å²) in [6.45, 7) is 1.62. The lowest BCUT2D eigenvalue weighted by atomic mass is 11.0. The van der Waals surface area contributed by atoms with Crippen LogP contribution in [0.2, 0.25) is 0 Å². The third-order valence-corrected chi connectivity index (χ3v) is 1.98. The summed E-state index contributed by atoms with van der Waals surface area (Å²) in [4.78, 5) is 0. The van der Waals surface area contributed by atoms with E-state index in [2.05, 4.69) is 4.36 Å². The zero-order chi connectivity index (χ0) is 5.91. The largest absolute Gasteiger partial charge is 0.300 e. The Bertz CT molecular complexity index is 145. The van der Waals surface area contributed by atoms with Crippen molar-refractivity contribution in [2.45, 2.75) is 6.92 Å². The maximum absolute atomic E-state index is 10.3. The Morgan fingerprint density at radius 3 is 2.29 bits per heavy atom. The Kier molecular flexibility index (Phi) is 2.25. The summed E-state index contributed by atoms with van der Waals surface area (Å²) in [5, 5.41) is 0. The predicted molar refractivity (Wildman–Crippen MR) is 29.7 cm³/mol. The number of hydrogen-bond acceptors (Lipinski definition) is 2. The lowest BCUT2D eigenvalue weighted by Gasteiger charge is -1.90. The molecule has 0 aliphatic carbocycles. The minimum atomic E-state index is -2.78. The Morgan fingerprint density at radius 1 is 1.86 bits per heavy atom. The SMILES string of the molecule is CCS(=O)(O)=NC. The Balaban J connectivity index is 4.17. The molecule has 0 aromatic carbocycles. The lowest BCUT2D eigenvalue weighted by Crippen LogP contribution is -1.98. The van der Waals surface area contributed by atoms with Crippen LogP contribution in [0.4, 0.5) is 0 Å². The van der Waals surface area contributed by atoms with Crippen LogP contribution in [0.5, 0.6) is 0 Å². The molecule has 1 atom stereocenters.